The van der Waals surface area contributed by atoms with Crippen LogP contribution in [0.3, 0.4) is 0 Å². The molecule has 21 heavy (non-hydrogen) atoms. The minimum absolute atomic E-state index is 0.399. The number of carbonyl (C=O) groups excluding carboxylic acids is 1. The molecule has 0 unspecified atom stereocenters. The van der Waals surface area contributed by atoms with E-state index in [1.807, 2.05) is 12.1 Å². The first-order valence-electron chi connectivity index (χ1n) is 7.08. The third-order valence-electron chi connectivity index (χ3n) is 3.49. The van der Waals surface area contributed by atoms with Gasteiger partial charge in [0.05, 0.1) is 6.42 Å². The van der Waals surface area contributed by atoms with Crippen molar-refractivity contribution in [2.75, 3.05) is 18.0 Å². The van der Waals surface area contributed by atoms with Gasteiger partial charge in [-0.1, -0.05) is 6.08 Å². The number of hydrogen-bond donors (Lipinski definition) is 0. The lowest BCUT2D eigenvalue weighted by Crippen LogP contribution is -2.29. The summed E-state index contributed by atoms with van der Waals surface area (Å²) in [7, 11) is 0. The van der Waals surface area contributed by atoms with Gasteiger partial charge >= 0.3 is 6.18 Å². The molecule has 114 valence electrons. The summed E-state index contributed by atoms with van der Waals surface area (Å²) in [4.78, 5) is 14.0. The van der Waals surface area contributed by atoms with Crippen molar-refractivity contribution in [3.05, 3.63) is 42.0 Å². The molecular formula is C16H18F3NO. The average molecular weight is 297 g/mol. The van der Waals surface area contributed by atoms with Gasteiger partial charge in [0.1, 0.15) is 0 Å². The number of nitrogens with zero attached hydrogens (tertiary/aromatic N) is 1. The zero-order valence-corrected chi connectivity index (χ0v) is 11.7. The molecule has 0 amide bonds. The van der Waals surface area contributed by atoms with Crippen LogP contribution in [0.25, 0.3) is 0 Å². The number of hydrogen-bond acceptors (Lipinski definition) is 2. The van der Waals surface area contributed by atoms with Gasteiger partial charge in [0.2, 0.25) is 0 Å². The zero-order valence-electron chi connectivity index (χ0n) is 11.7. The summed E-state index contributed by atoms with van der Waals surface area (Å²) >= 11 is 0. The van der Waals surface area contributed by atoms with E-state index in [4.69, 9.17) is 0 Å². The normalized spacial score (nSPS) is 16.4. The summed E-state index contributed by atoms with van der Waals surface area (Å²) in [5.41, 5.74) is 1.47. The summed E-state index contributed by atoms with van der Waals surface area (Å²) in [6, 6.07) is 7.06. The van der Waals surface area contributed by atoms with Crippen LogP contribution >= 0.6 is 0 Å². The van der Waals surface area contributed by atoms with E-state index in [0.29, 0.717) is 5.56 Å². The summed E-state index contributed by atoms with van der Waals surface area (Å²) in [5, 5.41) is 0. The van der Waals surface area contributed by atoms with Crippen LogP contribution in [0.5, 0.6) is 0 Å². The summed E-state index contributed by atoms with van der Waals surface area (Å²) < 4.78 is 36.0. The van der Waals surface area contributed by atoms with Crippen LogP contribution in [0.1, 0.15) is 36.0 Å². The van der Waals surface area contributed by atoms with Gasteiger partial charge in [-0.05, 0) is 49.6 Å². The van der Waals surface area contributed by atoms with Gasteiger partial charge in [0.25, 0.3) is 0 Å². The maximum Gasteiger partial charge on any atom is 0.392 e. The number of benzene rings is 1. The summed E-state index contributed by atoms with van der Waals surface area (Å²) in [6.45, 7) is 2.03. The largest absolute Gasteiger partial charge is 0.392 e. The van der Waals surface area contributed by atoms with Gasteiger partial charge in [-0.3, -0.25) is 4.79 Å². The quantitative estimate of drug-likeness (QED) is 0.607. The highest BCUT2D eigenvalue weighted by Gasteiger charge is 2.24. The number of carbonyl (C=O) groups is 1. The molecule has 0 aromatic heterocycles. The Morgan fingerprint density at radius 1 is 1.10 bits per heavy atom. The van der Waals surface area contributed by atoms with E-state index in [1.165, 1.54) is 19.3 Å². The molecule has 2 rings (SSSR count). The molecule has 0 saturated carbocycles. The van der Waals surface area contributed by atoms with Gasteiger partial charge in [-0.15, -0.1) is 0 Å². The van der Waals surface area contributed by atoms with E-state index < -0.39 is 18.4 Å². The lowest BCUT2D eigenvalue weighted by molar-refractivity contribution is -0.125. The average Bonchev–Trinajstić information content (AvgIpc) is 2.47. The van der Waals surface area contributed by atoms with Crippen LogP contribution < -0.4 is 4.90 Å². The number of piperidine rings is 1. The molecule has 0 atom stereocenters. The molecule has 0 radical (unpaired) electrons. The van der Waals surface area contributed by atoms with Crippen molar-refractivity contribution in [2.45, 2.75) is 31.9 Å². The fourth-order valence-corrected chi connectivity index (χ4v) is 2.38. The van der Waals surface area contributed by atoms with E-state index >= 15 is 0 Å². The van der Waals surface area contributed by atoms with Crippen molar-refractivity contribution < 1.29 is 18.0 Å². The van der Waals surface area contributed by atoms with E-state index in [0.717, 1.165) is 30.9 Å². The topological polar surface area (TPSA) is 20.3 Å². The summed E-state index contributed by atoms with van der Waals surface area (Å²) in [5.74, 6) is -0.399. The van der Waals surface area contributed by atoms with Gasteiger partial charge < -0.3 is 4.90 Å². The summed E-state index contributed by atoms with van der Waals surface area (Å²) in [6.07, 6.45) is 0.0859. The van der Waals surface area contributed by atoms with Crippen molar-refractivity contribution in [2.24, 2.45) is 0 Å². The molecule has 1 aromatic carbocycles. The second-order valence-electron chi connectivity index (χ2n) is 5.18. The molecule has 1 aliphatic heterocycles. The molecule has 1 aromatic rings. The Bertz CT molecular complexity index is 499. The van der Waals surface area contributed by atoms with E-state index in [1.54, 1.807) is 12.1 Å². The number of ketones is 1. The molecule has 0 bridgehead atoms. The molecule has 0 spiro atoms. The van der Waals surface area contributed by atoms with Crippen molar-refractivity contribution in [3.63, 3.8) is 0 Å². The highest BCUT2D eigenvalue weighted by atomic mass is 19.4. The Hall–Kier alpha value is -1.78. The van der Waals surface area contributed by atoms with Crippen molar-refractivity contribution >= 4 is 11.5 Å². The first kappa shape index (κ1) is 15.6. The van der Waals surface area contributed by atoms with Crippen molar-refractivity contribution in [1.29, 1.82) is 0 Å². The van der Waals surface area contributed by atoms with E-state index in [-0.39, 0.29) is 0 Å². The number of allylic oxidation sites excluding steroid dienone is 2. The maximum absolute atomic E-state index is 12.0. The molecule has 1 aliphatic rings. The predicted octanol–water partition coefficient (Wildman–Crippen LogP) is 4.37. The van der Waals surface area contributed by atoms with Crippen molar-refractivity contribution in [3.8, 4) is 0 Å². The smallest absolute Gasteiger partial charge is 0.372 e. The molecule has 1 saturated heterocycles. The molecular weight excluding hydrogens is 279 g/mol. The van der Waals surface area contributed by atoms with Gasteiger partial charge in [0.15, 0.2) is 5.78 Å². The van der Waals surface area contributed by atoms with E-state index in [2.05, 4.69) is 4.90 Å². The maximum atomic E-state index is 12.0. The minimum Gasteiger partial charge on any atom is -0.372 e. The van der Waals surface area contributed by atoms with E-state index in [9.17, 15) is 18.0 Å². The molecule has 2 nitrogen and oxygen atoms in total. The van der Waals surface area contributed by atoms with Crippen LogP contribution in [-0.2, 0) is 0 Å². The first-order valence-corrected chi connectivity index (χ1v) is 7.08. The van der Waals surface area contributed by atoms with Crippen LogP contribution in [0.2, 0.25) is 0 Å². The third kappa shape index (κ3) is 4.92. The predicted molar refractivity (Wildman–Crippen MR) is 76.6 cm³/mol. The Morgan fingerprint density at radius 2 is 1.71 bits per heavy atom. The van der Waals surface area contributed by atoms with Crippen molar-refractivity contribution in [1.82, 2.24) is 0 Å². The Balaban J connectivity index is 1.96. The fraction of sp³-hybridized carbons (Fsp3) is 0.438. The Kier molecular flexibility index (Phi) is 5.04. The van der Waals surface area contributed by atoms with Crippen LogP contribution in [0.4, 0.5) is 18.9 Å². The zero-order chi connectivity index (χ0) is 15.3. The van der Waals surface area contributed by atoms with Gasteiger partial charge in [0, 0.05) is 24.3 Å². The Morgan fingerprint density at radius 3 is 2.29 bits per heavy atom. The second-order valence-corrected chi connectivity index (χ2v) is 5.18. The second kappa shape index (κ2) is 6.78. The number of rotatable bonds is 4. The molecule has 0 aliphatic carbocycles. The Labute approximate surface area is 122 Å². The highest BCUT2D eigenvalue weighted by molar-refractivity contribution is 6.04. The highest BCUT2D eigenvalue weighted by Crippen LogP contribution is 2.21. The molecule has 5 heteroatoms. The first-order chi connectivity index (χ1) is 9.96. The standard InChI is InChI=1S/C16H18F3NO/c17-16(18,19)10-4-5-15(21)13-6-8-14(9-7-13)20-11-2-1-3-12-20/h4-9H,1-3,10-12H2/b5-4+. The molecule has 0 N–H and O–H groups in total. The number of anilines is 1. The lowest BCUT2D eigenvalue weighted by Gasteiger charge is -2.28. The third-order valence-corrected chi connectivity index (χ3v) is 3.49. The fourth-order valence-electron chi connectivity index (χ4n) is 2.38. The lowest BCUT2D eigenvalue weighted by atomic mass is 10.1. The van der Waals surface area contributed by atoms with Crippen LogP contribution in [0, 0.1) is 0 Å². The van der Waals surface area contributed by atoms with Gasteiger partial charge in [-0.25, -0.2) is 0 Å². The minimum atomic E-state index is -4.27. The van der Waals surface area contributed by atoms with Gasteiger partial charge in [-0.2, -0.15) is 13.2 Å². The SMILES string of the molecule is O=C(/C=C/CC(F)(F)F)c1ccc(N2CCCCC2)cc1. The molecule has 1 fully saturated rings. The molecule has 1 heterocycles. The monoisotopic (exact) mass is 297 g/mol. The van der Waals surface area contributed by atoms with Crippen LogP contribution in [-0.4, -0.2) is 25.0 Å². The number of alkyl halides is 3. The van der Waals surface area contributed by atoms with Crippen LogP contribution in [0.15, 0.2) is 36.4 Å². The number of halogens is 3.